The fourth-order valence-electron chi connectivity index (χ4n) is 2.40. The number of aliphatic hydroxyl groups is 1. The number of anilines is 1. The first kappa shape index (κ1) is 18.3. The van der Waals surface area contributed by atoms with Gasteiger partial charge in [0.05, 0.1) is 30.3 Å². The molecule has 25 heavy (non-hydrogen) atoms. The fraction of sp³-hybridized carbons (Fsp3) is 0.263. The molecule has 1 atom stereocenters. The molecule has 2 aromatic carbocycles. The van der Waals surface area contributed by atoms with Crippen molar-refractivity contribution in [2.24, 2.45) is 0 Å². The molecule has 0 bridgehead atoms. The van der Waals surface area contributed by atoms with Crippen molar-refractivity contribution < 1.29 is 19.7 Å². The third-order valence-electron chi connectivity index (χ3n) is 3.70. The molecule has 0 heterocycles. The van der Waals surface area contributed by atoms with Crippen LogP contribution >= 0.6 is 0 Å². The van der Waals surface area contributed by atoms with Gasteiger partial charge in [-0.25, -0.2) is 0 Å². The van der Waals surface area contributed by atoms with Crippen LogP contribution in [0.15, 0.2) is 42.5 Å². The fourth-order valence-corrected chi connectivity index (χ4v) is 2.40. The van der Waals surface area contributed by atoms with Crippen molar-refractivity contribution in [3.8, 4) is 11.8 Å². The minimum Gasteiger partial charge on any atom is -0.548 e. The number of carboxylic acids is 1. The molecule has 0 aliphatic carbocycles. The second kappa shape index (κ2) is 8.71. The minimum atomic E-state index is -1.30. The van der Waals surface area contributed by atoms with E-state index in [0.717, 1.165) is 12.0 Å². The predicted molar refractivity (Wildman–Crippen MR) is 90.9 cm³/mol. The highest BCUT2D eigenvalue weighted by Gasteiger charge is 2.18. The minimum absolute atomic E-state index is 0.0646. The van der Waals surface area contributed by atoms with Crippen molar-refractivity contribution >= 4 is 11.7 Å². The van der Waals surface area contributed by atoms with E-state index in [1.54, 1.807) is 36.4 Å². The van der Waals surface area contributed by atoms with Gasteiger partial charge in [-0.15, -0.1) is 0 Å². The molecular weight excluding hydrogens is 320 g/mol. The number of rotatable bonds is 8. The quantitative estimate of drug-likeness (QED) is 0.753. The highest BCUT2D eigenvalue weighted by atomic mass is 16.5. The highest BCUT2D eigenvalue weighted by Crippen LogP contribution is 2.29. The van der Waals surface area contributed by atoms with Crippen molar-refractivity contribution in [3.63, 3.8) is 0 Å². The molecule has 2 N–H and O–H groups in total. The van der Waals surface area contributed by atoms with E-state index in [0.29, 0.717) is 22.6 Å². The van der Waals surface area contributed by atoms with E-state index >= 15 is 0 Å². The van der Waals surface area contributed by atoms with Crippen molar-refractivity contribution in [2.45, 2.75) is 19.4 Å². The standard InChI is InChI=1S/C19H20N2O4/c1-2-13-5-8-17(25-10-9-22)16(11-13)18(19(23)24)21-15-6-3-14(12-20)4-7-15/h3-8,11,18,21-22H,2,9-10H2,1H3,(H,23,24)/p-1. The first-order valence-corrected chi connectivity index (χ1v) is 7.93. The number of ether oxygens (including phenoxy) is 1. The van der Waals surface area contributed by atoms with Gasteiger partial charge in [0.2, 0.25) is 0 Å². The van der Waals surface area contributed by atoms with E-state index in [2.05, 4.69) is 5.32 Å². The van der Waals surface area contributed by atoms with Gasteiger partial charge in [-0.05, 0) is 48.4 Å². The molecule has 1 unspecified atom stereocenters. The first-order valence-electron chi connectivity index (χ1n) is 7.93. The molecule has 0 radical (unpaired) electrons. The summed E-state index contributed by atoms with van der Waals surface area (Å²) in [6.07, 6.45) is 0.740. The zero-order valence-corrected chi connectivity index (χ0v) is 13.9. The van der Waals surface area contributed by atoms with Gasteiger partial charge in [-0.3, -0.25) is 0 Å². The zero-order valence-electron chi connectivity index (χ0n) is 13.9. The van der Waals surface area contributed by atoms with Crippen LogP contribution in [0, 0.1) is 11.3 Å². The van der Waals surface area contributed by atoms with E-state index in [9.17, 15) is 9.90 Å². The number of aliphatic hydroxyl groups excluding tert-OH is 1. The Balaban J connectivity index is 2.37. The number of carbonyl (C=O) groups is 1. The molecule has 0 saturated carbocycles. The summed E-state index contributed by atoms with van der Waals surface area (Å²) in [6.45, 7) is 1.86. The van der Waals surface area contributed by atoms with Crippen LogP contribution in [0.1, 0.15) is 29.7 Å². The van der Waals surface area contributed by atoms with Crippen molar-refractivity contribution in [2.75, 3.05) is 18.5 Å². The monoisotopic (exact) mass is 339 g/mol. The average Bonchev–Trinajstić information content (AvgIpc) is 2.64. The molecule has 0 spiro atoms. The summed E-state index contributed by atoms with van der Waals surface area (Å²) >= 11 is 0. The Morgan fingerprint density at radius 1 is 1.32 bits per heavy atom. The molecule has 6 nitrogen and oxygen atoms in total. The summed E-state index contributed by atoms with van der Waals surface area (Å²) in [6, 6.07) is 12.6. The number of carbonyl (C=O) groups excluding carboxylic acids is 1. The number of nitriles is 1. The van der Waals surface area contributed by atoms with Crippen LogP contribution in [0.4, 0.5) is 5.69 Å². The van der Waals surface area contributed by atoms with Crippen LogP contribution in [0.5, 0.6) is 5.75 Å². The Labute approximate surface area is 146 Å². The predicted octanol–water partition coefficient (Wildman–Crippen LogP) is 1.39. The smallest absolute Gasteiger partial charge is 0.125 e. The molecule has 6 heteroatoms. The SMILES string of the molecule is CCc1ccc(OCCO)c(C(Nc2ccc(C#N)cc2)C(=O)[O-])c1. The van der Waals surface area contributed by atoms with E-state index in [1.807, 2.05) is 19.1 Å². The topological polar surface area (TPSA) is 105 Å². The molecule has 130 valence electrons. The maximum Gasteiger partial charge on any atom is 0.125 e. The second-order valence-corrected chi connectivity index (χ2v) is 5.38. The number of hydrogen-bond donors (Lipinski definition) is 2. The zero-order chi connectivity index (χ0) is 18.2. The summed E-state index contributed by atoms with van der Waals surface area (Å²) in [7, 11) is 0. The molecule has 2 rings (SSSR count). The normalized spacial score (nSPS) is 11.4. The van der Waals surface area contributed by atoms with Crippen molar-refractivity contribution in [3.05, 3.63) is 59.2 Å². The lowest BCUT2D eigenvalue weighted by atomic mass is 10.0. The first-order chi connectivity index (χ1) is 12.1. The average molecular weight is 339 g/mol. The van der Waals surface area contributed by atoms with Gasteiger partial charge >= 0.3 is 0 Å². The lowest BCUT2D eigenvalue weighted by Crippen LogP contribution is -2.34. The van der Waals surface area contributed by atoms with Crippen LogP contribution in [-0.4, -0.2) is 24.3 Å². The summed E-state index contributed by atoms with van der Waals surface area (Å²) in [5, 5.41) is 32.4. The van der Waals surface area contributed by atoms with Crippen molar-refractivity contribution in [1.82, 2.24) is 0 Å². The van der Waals surface area contributed by atoms with E-state index < -0.39 is 12.0 Å². The molecule has 0 aliphatic rings. The second-order valence-electron chi connectivity index (χ2n) is 5.38. The van der Waals surface area contributed by atoms with Gasteiger partial charge in [0.1, 0.15) is 12.4 Å². The van der Waals surface area contributed by atoms with Gasteiger partial charge in [0.15, 0.2) is 0 Å². The van der Waals surface area contributed by atoms with Crippen molar-refractivity contribution in [1.29, 1.82) is 5.26 Å². The van der Waals surface area contributed by atoms with Crippen LogP contribution in [-0.2, 0) is 11.2 Å². The van der Waals surface area contributed by atoms with Crippen LogP contribution in [0.25, 0.3) is 0 Å². The molecule has 2 aromatic rings. The Morgan fingerprint density at radius 2 is 2.04 bits per heavy atom. The summed E-state index contributed by atoms with van der Waals surface area (Å²) < 4.78 is 5.47. The van der Waals surface area contributed by atoms with Gasteiger partial charge < -0.3 is 25.1 Å². The van der Waals surface area contributed by atoms with Gasteiger partial charge in [0, 0.05) is 11.3 Å². The van der Waals surface area contributed by atoms with Gasteiger partial charge in [-0.1, -0.05) is 13.0 Å². The number of hydrogen-bond acceptors (Lipinski definition) is 6. The Hall–Kier alpha value is -3.04. The lowest BCUT2D eigenvalue weighted by Gasteiger charge is -2.24. The van der Waals surface area contributed by atoms with E-state index in [1.165, 1.54) is 0 Å². The molecule has 0 aromatic heterocycles. The number of aryl methyl sites for hydroxylation is 1. The van der Waals surface area contributed by atoms with Gasteiger partial charge in [-0.2, -0.15) is 5.26 Å². The van der Waals surface area contributed by atoms with E-state index in [4.69, 9.17) is 15.1 Å². The van der Waals surface area contributed by atoms with Crippen LogP contribution in [0.3, 0.4) is 0 Å². The molecule has 0 aliphatic heterocycles. The Morgan fingerprint density at radius 3 is 2.60 bits per heavy atom. The number of aliphatic carboxylic acids is 1. The molecule has 0 saturated heterocycles. The number of nitrogens with one attached hydrogen (secondary N) is 1. The number of benzene rings is 2. The Bertz CT molecular complexity index is 766. The number of nitrogens with zero attached hydrogens (tertiary/aromatic N) is 1. The maximum atomic E-state index is 11.7. The number of carboxylic acid groups (broad SMARTS) is 1. The lowest BCUT2D eigenvalue weighted by molar-refractivity contribution is -0.307. The van der Waals surface area contributed by atoms with E-state index in [-0.39, 0.29) is 13.2 Å². The third-order valence-corrected chi connectivity index (χ3v) is 3.70. The summed E-state index contributed by atoms with van der Waals surface area (Å²) in [5.41, 5.74) is 2.41. The maximum absolute atomic E-state index is 11.7. The van der Waals surface area contributed by atoms with Crippen LogP contribution < -0.4 is 15.2 Å². The third kappa shape index (κ3) is 4.72. The summed E-state index contributed by atoms with van der Waals surface area (Å²) in [5.74, 6) is -0.923. The van der Waals surface area contributed by atoms with Gasteiger partial charge in [0.25, 0.3) is 0 Å². The molecule has 0 fully saturated rings. The largest absolute Gasteiger partial charge is 0.548 e. The van der Waals surface area contributed by atoms with Crippen LogP contribution in [0.2, 0.25) is 0 Å². The Kier molecular flexibility index (Phi) is 6.38. The highest BCUT2D eigenvalue weighted by molar-refractivity contribution is 5.79. The molecule has 0 amide bonds. The molecular formula is C19H19N2O4-. The summed E-state index contributed by atoms with van der Waals surface area (Å²) in [4.78, 5) is 11.7.